The number of carbonyl (C=O) groups excluding carboxylic acids is 2. The van der Waals surface area contributed by atoms with Gasteiger partial charge in [0.05, 0.1) is 24.8 Å². The Morgan fingerprint density at radius 3 is 2.20 bits per heavy atom. The Morgan fingerprint density at radius 1 is 0.902 bits per heavy atom. The van der Waals surface area contributed by atoms with E-state index in [0.29, 0.717) is 24.5 Å². The molecule has 0 bridgehead atoms. The van der Waals surface area contributed by atoms with E-state index in [2.05, 4.69) is 5.32 Å². The third kappa shape index (κ3) is 7.58. The fraction of sp³-hybridized carbons (Fsp3) is 0.355. The van der Waals surface area contributed by atoms with Crippen LogP contribution < -0.4 is 19.1 Å². The fourth-order valence-corrected chi connectivity index (χ4v) is 5.94. The SMILES string of the molecule is CCNC(=O)[C@@H](CC)N(Cc1cccc(OC)c1)C(=O)CN(c1cc(C)ccc1OC)S(=O)(=O)c1ccc(C)cc1. The van der Waals surface area contributed by atoms with Gasteiger partial charge in [-0.25, -0.2) is 8.42 Å². The maximum absolute atomic E-state index is 14.2. The monoisotopic (exact) mass is 581 g/mol. The Balaban J connectivity index is 2.13. The van der Waals surface area contributed by atoms with Crippen molar-refractivity contribution in [2.45, 2.75) is 51.6 Å². The van der Waals surface area contributed by atoms with Gasteiger partial charge in [0, 0.05) is 13.1 Å². The highest BCUT2D eigenvalue weighted by Gasteiger charge is 2.34. The molecule has 220 valence electrons. The summed E-state index contributed by atoms with van der Waals surface area (Å²) in [6.45, 7) is 7.24. The molecule has 0 aliphatic carbocycles. The van der Waals surface area contributed by atoms with Gasteiger partial charge in [0.1, 0.15) is 24.1 Å². The van der Waals surface area contributed by atoms with Crippen LogP contribution in [-0.4, -0.2) is 58.5 Å². The van der Waals surface area contributed by atoms with Crippen molar-refractivity contribution in [3.63, 3.8) is 0 Å². The minimum atomic E-state index is -4.21. The van der Waals surface area contributed by atoms with Crippen molar-refractivity contribution in [2.24, 2.45) is 0 Å². The van der Waals surface area contributed by atoms with Gasteiger partial charge in [0.2, 0.25) is 11.8 Å². The summed E-state index contributed by atoms with van der Waals surface area (Å²) in [5.74, 6) is 0.0562. The van der Waals surface area contributed by atoms with E-state index in [4.69, 9.17) is 9.47 Å². The van der Waals surface area contributed by atoms with E-state index in [1.54, 1.807) is 62.6 Å². The van der Waals surface area contributed by atoms with Crippen LogP contribution >= 0.6 is 0 Å². The molecule has 1 atom stereocenters. The number of hydrogen-bond donors (Lipinski definition) is 1. The van der Waals surface area contributed by atoms with E-state index >= 15 is 0 Å². The lowest BCUT2D eigenvalue weighted by Crippen LogP contribution is -2.52. The molecule has 0 unspecified atom stereocenters. The van der Waals surface area contributed by atoms with E-state index in [-0.39, 0.29) is 23.0 Å². The van der Waals surface area contributed by atoms with E-state index in [1.807, 2.05) is 26.8 Å². The van der Waals surface area contributed by atoms with Crippen molar-refractivity contribution in [1.29, 1.82) is 0 Å². The number of benzene rings is 3. The molecule has 1 N–H and O–H groups in total. The van der Waals surface area contributed by atoms with Crippen molar-refractivity contribution in [1.82, 2.24) is 10.2 Å². The zero-order valence-electron chi connectivity index (χ0n) is 24.5. The first-order valence-electron chi connectivity index (χ1n) is 13.5. The van der Waals surface area contributed by atoms with Crippen LogP contribution in [-0.2, 0) is 26.2 Å². The standard InChI is InChI=1S/C31H39N3O6S/c1-7-27(31(36)32-8-2)33(20-24-10-9-11-25(19-24)39-5)30(35)21-34(28-18-23(4)14-17-29(28)40-6)41(37,38)26-15-12-22(3)13-16-26/h9-19,27H,7-8,20-21H2,1-6H3,(H,32,36)/t27-/m1/s1. The molecule has 0 saturated carbocycles. The van der Waals surface area contributed by atoms with Crippen molar-refractivity contribution in [2.75, 3.05) is 31.6 Å². The van der Waals surface area contributed by atoms with Crippen LogP contribution in [0.5, 0.6) is 11.5 Å². The zero-order valence-corrected chi connectivity index (χ0v) is 25.3. The largest absolute Gasteiger partial charge is 0.497 e. The van der Waals surface area contributed by atoms with Crippen LogP contribution in [0.15, 0.2) is 71.6 Å². The van der Waals surface area contributed by atoms with Gasteiger partial charge in [-0.05, 0) is 74.7 Å². The molecule has 0 saturated heterocycles. The molecule has 0 aliphatic heterocycles. The predicted octanol–water partition coefficient (Wildman–Crippen LogP) is 4.46. The van der Waals surface area contributed by atoms with Crippen LogP contribution in [0.1, 0.15) is 37.0 Å². The molecule has 0 spiro atoms. The highest BCUT2D eigenvalue weighted by atomic mass is 32.2. The van der Waals surface area contributed by atoms with Crippen molar-refractivity contribution >= 4 is 27.5 Å². The van der Waals surface area contributed by atoms with Crippen molar-refractivity contribution in [3.05, 3.63) is 83.4 Å². The molecule has 3 rings (SSSR count). The molecule has 0 radical (unpaired) electrons. The van der Waals surface area contributed by atoms with E-state index in [9.17, 15) is 18.0 Å². The second-order valence-electron chi connectivity index (χ2n) is 9.69. The summed E-state index contributed by atoms with van der Waals surface area (Å²) in [6, 6.07) is 18.0. The maximum Gasteiger partial charge on any atom is 0.264 e. The third-order valence-electron chi connectivity index (χ3n) is 6.71. The lowest BCUT2D eigenvalue weighted by Gasteiger charge is -2.33. The van der Waals surface area contributed by atoms with Crippen LogP contribution in [0, 0.1) is 13.8 Å². The molecule has 0 heterocycles. The number of ether oxygens (including phenoxy) is 2. The van der Waals surface area contributed by atoms with Crippen LogP contribution in [0.25, 0.3) is 0 Å². The second-order valence-corrected chi connectivity index (χ2v) is 11.6. The molecule has 3 aromatic carbocycles. The van der Waals surface area contributed by atoms with Gasteiger partial charge in [-0.3, -0.25) is 13.9 Å². The van der Waals surface area contributed by atoms with Gasteiger partial charge < -0.3 is 19.7 Å². The number of likely N-dealkylation sites (N-methyl/N-ethyl adjacent to an activating group) is 1. The van der Waals surface area contributed by atoms with Gasteiger partial charge in [-0.2, -0.15) is 0 Å². The normalized spacial score (nSPS) is 11.9. The first-order valence-corrected chi connectivity index (χ1v) is 14.9. The second kappa shape index (κ2) is 14.0. The molecule has 0 fully saturated rings. The molecular weight excluding hydrogens is 542 g/mol. The van der Waals surface area contributed by atoms with E-state index in [0.717, 1.165) is 21.0 Å². The molecule has 9 nitrogen and oxygen atoms in total. The quantitative estimate of drug-likeness (QED) is 0.320. The number of amides is 2. The minimum absolute atomic E-state index is 0.0366. The van der Waals surface area contributed by atoms with E-state index < -0.39 is 28.5 Å². The first kappa shape index (κ1) is 31.5. The highest BCUT2D eigenvalue weighted by Crippen LogP contribution is 2.34. The Morgan fingerprint density at radius 2 is 1.59 bits per heavy atom. The number of nitrogens with one attached hydrogen (secondary N) is 1. The number of anilines is 1. The molecule has 2 amide bonds. The Kier molecular flexibility index (Phi) is 10.8. The van der Waals surface area contributed by atoms with Crippen molar-refractivity contribution in [3.8, 4) is 11.5 Å². The Hall–Kier alpha value is -4.05. The maximum atomic E-state index is 14.2. The number of methoxy groups -OCH3 is 2. The summed E-state index contributed by atoms with van der Waals surface area (Å²) < 4.78 is 40.1. The molecule has 0 aromatic heterocycles. The highest BCUT2D eigenvalue weighted by molar-refractivity contribution is 7.92. The Labute approximate surface area is 243 Å². The van der Waals surface area contributed by atoms with Crippen molar-refractivity contribution < 1.29 is 27.5 Å². The first-order chi connectivity index (χ1) is 19.5. The van der Waals surface area contributed by atoms with Gasteiger partial charge in [-0.15, -0.1) is 0 Å². The summed E-state index contributed by atoms with van der Waals surface area (Å²) in [7, 11) is -1.21. The third-order valence-corrected chi connectivity index (χ3v) is 8.49. The topological polar surface area (TPSA) is 105 Å². The van der Waals surface area contributed by atoms with Gasteiger partial charge in [0.15, 0.2) is 0 Å². The molecule has 10 heteroatoms. The smallest absolute Gasteiger partial charge is 0.264 e. The summed E-state index contributed by atoms with van der Waals surface area (Å²) in [6.07, 6.45) is 0.333. The van der Waals surface area contributed by atoms with Gasteiger partial charge >= 0.3 is 0 Å². The average Bonchev–Trinajstić information content (AvgIpc) is 2.96. The summed E-state index contributed by atoms with van der Waals surface area (Å²) in [5, 5.41) is 2.80. The number of hydrogen-bond acceptors (Lipinski definition) is 6. The fourth-order valence-electron chi connectivity index (χ4n) is 4.52. The number of sulfonamides is 1. The lowest BCUT2D eigenvalue weighted by atomic mass is 10.1. The van der Waals surface area contributed by atoms with E-state index in [1.165, 1.54) is 24.1 Å². The molecule has 0 aliphatic rings. The van der Waals surface area contributed by atoms with Crippen LogP contribution in [0.4, 0.5) is 5.69 Å². The minimum Gasteiger partial charge on any atom is -0.497 e. The number of rotatable bonds is 13. The number of aryl methyl sites for hydroxylation is 2. The number of carbonyl (C=O) groups is 2. The van der Waals surface area contributed by atoms with Gasteiger partial charge in [-0.1, -0.05) is 42.8 Å². The average molecular weight is 582 g/mol. The molecule has 3 aromatic rings. The Bertz CT molecular complexity index is 1460. The predicted molar refractivity (Wildman–Crippen MR) is 160 cm³/mol. The van der Waals surface area contributed by atoms with Crippen LogP contribution in [0.2, 0.25) is 0 Å². The van der Waals surface area contributed by atoms with Gasteiger partial charge in [0.25, 0.3) is 10.0 Å². The van der Waals surface area contributed by atoms with Crippen LogP contribution in [0.3, 0.4) is 0 Å². The number of nitrogens with zero attached hydrogens (tertiary/aromatic N) is 2. The molecule has 41 heavy (non-hydrogen) atoms. The summed E-state index contributed by atoms with van der Waals surface area (Å²) in [4.78, 5) is 28.7. The lowest BCUT2D eigenvalue weighted by molar-refractivity contribution is -0.140. The summed E-state index contributed by atoms with van der Waals surface area (Å²) in [5.41, 5.74) is 2.66. The summed E-state index contributed by atoms with van der Waals surface area (Å²) >= 11 is 0. The molecular formula is C31H39N3O6S. The zero-order chi connectivity index (χ0) is 30.2.